The second-order valence-corrected chi connectivity index (χ2v) is 12.7. The lowest BCUT2D eigenvalue weighted by molar-refractivity contribution is 0.671. The molecule has 0 N–H and O–H groups in total. The van der Waals surface area contributed by atoms with Crippen molar-refractivity contribution in [3.8, 4) is 39.1 Å². The molecule has 2 aromatic heterocycles. The molecule has 9 aromatic rings. The molecule has 0 saturated heterocycles. The number of hydrogen-bond donors (Lipinski definition) is 0. The molecule has 2 aliphatic rings. The summed E-state index contributed by atoms with van der Waals surface area (Å²) in [5, 5.41) is 8.76. The molecular weight excluding hydrogens is 558 g/mol. The van der Waals surface area contributed by atoms with E-state index < -0.39 is 0 Å². The van der Waals surface area contributed by atoms with Gasteiger partial charge in [-0.25, -0.2) is 0 Å². The van der Waals surface area contributed by atoms with Crippen molar-refractivity contribution in [2.45, 2.75) is 12.8 Å². The summed E-state index contributed by atoms with van der Waals surface area (Å²) in [4.78, 5) is 0. The van der Waals surface area contributed by atoms with Gasteiger partial charge < -0.3 is 8.98 Å². The number of rotatable bonds is 2. The Labute approximate surface area is 265 Å². The van der Waals surface area contributed by atoms with Gasteiger partial charge in [-0.3, -0.25) is 0 Å². The zero-order valence-corrected chi connectivity index (χ0v) is 25.0. The summed E-state index contributed by atoms with van der Waals surface area (Å²) in [6.45, 7) is 0. The maximum atomic E-state index is 6.67. The highest BCUT2D eigenvalue weighted by atomic mass is 16.3. The third-order valence-corrected chi connectivity index (χ3v) is 10.4. The molecule has 0 atom stereocenters. The number of aromatic nitrogens is 1. The SMILES string of the molecule is C1=Cc2c(c3ccc4c5ccccc5oc4c3n2-c2ccc(-c3ccc4c5c(cccc35)-c3ccccc3-4)c3ccccc23)CC1. The van der Waals surface area contributed by atoms with E-state index in [1.807, 2.05) is 0 Å². The van der Waals surface area contributed by atoms with Crippen LogP contribution >= 0.6 is 0 Å². The van der Waals surface area contributed by atoms with Gasteiger partial charge in [-0.2, -0.15) is 0 Å². The lowest BCUT2D eigenvalue weighted by atomic mass is 9.91. The molecule has 46 heavy (non-hydrogen) atoms. The molecule has 0 spiro atoms. The molecular formula is C44H27NO. The van der Waals surface area contributed by atoms with Gasteiger partial charge in [0.25, 0.3) is 0 Å². The Hall–Kier alpha value is -5.86. The van der Waals surface area contributed by atoms with Crippen LogP contribution in [0, 0.1) is 0 Å². The number of hydrogen-bond acceptors (Lipinski definition) is 1. The standard InChI is InChI=1S/C44H27NO/c1-2-12-28-27(11-1)34-16-9-17-35-30(20-21-36(28)42(34)35)29-24-25-40(31-13-4-3-10-26(29)31)45-39-18-7-5-14-32(39)37-22-23-38-33-15-6-8-19-41(33)46-44(38)43(37)45/h1-4,6-13,15-25H,5,14H2. The summed E-state index contributed by atoms with van der Waals surface area (Å²) in [6, 6.07) is 46.8. The molecule has 0 aliphatic heterocycles. The Morgan fingerprint density at radius 1 is 0.478 bits per heavy atom. The molecule has 214 valence electrons. The highest BCUT2D eigenvalue weighted by Crippen LogP contribution is 2.50. The monoisotopic (exact) mass is 585 g/mol. The number of nitrogens with zero attached hydrogens (tertiary/aromatic N) is 1. The Kier molecular flexibility index (Phi) is 4.71. The van der Waals surface area contributed by atoms with Crippen LogP contribution in [-0.4, -0.2) is 4.57 Å². The Morgan fingerprint density at radius 3 is 2.02 bits per heavy atom. The molecule has 2 aliphatic carbocycles. The fourth-order valence-electron chi connectivity index (χ4n) is 8.50. The van der Waals surface area contributed by atoms with E-state index >= 15 is 0 Å². The van der Waals surface area contributed by atoms with Gasteiger partial charge in [0, 0.05) is 27.2 Å². The Morgan fingerprint density at radius 2 is 1.13 bits per heavy atom. The Bertz CT molecular complexity index is 2780. The van der Waals surface area contributed by atoms with Crippen LogP contribution in [0.2, 0.25) is 0 Å². The van der Waals surface area contributed by atoms with Crippen molar-refractivity contribution < 1.29 is 4.42 Å². The first-order valence-electron chi connectivity index (χ1n) is 16.2. The van der Waals surface area contributed by atoms with E-state index in [2.05, 4.69) is 144 Å². The minimum absolute atomic E-state index is 0.931. The first-order valence-corrected chi connectivity index (χ1v) is 16.2. The second kappa shape index (κ2) is 8.87. The van der Waals surface area contributed by atoms with Crippen molar-refractivity contribution in [3.05, 3.63) is 145 Å². The summed E-state index contributed by atoms with van der Waals surface area (Å²) in [5.74, 6) is 0. The van der Waals surface area contributed by atoms with Crippen molar-refractivity contribution in [1.82, 2.24) is 4.57 Å². The normalized spacial score (nSPS) is 13.4. The van der Waals surface area contributed by atoms with Crippen LogP contribution in [0.4, 0.5) is 0 Å². The summed E-state index contributed by atoms with van der Waals surface area (Å²) in [7, 11) is 0. The van der Waals surface area contributed by atoms with Gasteiger partial charge in [-0.15, -0.1) is 0 Å². The summed E-state index contributed by atoms with van der Waals surface area (Å²) < 4.78 is 9.14. The molecule has 7 aromatic carbocycles. The van der Waals surface area contributed by atoms with Crippen LogP contribution < -0.4 is 0 Å². The van der Waals surface area contributed by atoms with Crippen molar-refractivity contribution in [2.75, 3.05) is 0 Å². The zero-order chi connectivity index (χ0) is 29.9. The maximum absolute atomic E-state index is 6.67. The molecule has 0 saturated carbocycles. The molecule has 2 heterocycles. The Balaban J connectivity index is 1.22. The third-order valence-electron chi connectivity index (χ3n) is 10.4. The van der Waals surface area contributed by atoms with E-state index in [-0.39, 0.29) is 0 Å². The second-order valence-electron chi connectivity index (χ2n) is 12.7. The van der Waals surface area contributed by atoms with E-state index in [4.69, 9.17) is 4.42 Å². The first kappa shape index (κ1) is 24.5. The lowest BCUT2D eigenvalue weighted by Crippen LogP contribution is -2.01. The van der Waals surface area contributed by atoms with Crippen LogP contribution in [0.5, 0.6) is 0 Å². The number of para-hydroxylation sites is 1. The zero-order valence-electron chi connectivity index (χ0n) is 25.0. The highest BCUT2D eigenvalue weighted by molar-refractivity contribution is 6.21. The van der Waals surface area contributed by atoms with Crippen molar-refractivity contribution in [2.24, 2.45) is 0 Å². The summed E-state index contributed by atoms with van der Waals surface area (Å²) >= 11 is 0. The molecule has 0 radical (unpaired) electrons. The molecule has 11 rings (SSSR count). The van der Waals surface area contributed by atoms with Crippen molar-refractivity contribution in [3.63, 3.8) is 0 Å². The predicted octanol–water partition coefficient (Wildman–Crippen LogP) is 12.1. The fourth-order valence-corrected chi connectivity index (χ4v) is 8.50. The highest BCUT2D eigenvalue weighted by Gasteiger charge is 2.26. The van der Waals surface area contributed by atoms with E-state index in [1.165, 1.54) is 77.3 Å². The average molecular weight is 586 g/mol. The average Bonchev–Trinajstić information content (AvgIpc) is 3.77. The van der Waals surface area contributed by atoms with Crippen molar-refractivity contribution >= 4 is 60.5 Å². The van der Waals surface area contributed by atoms with Gasteiger partial charge in [-0.1, -0.05) is 115 Å². The van der Waals surface area contributed by atoms with Crippen LogP contribution in [0.1, 0.15) is 17.7 Å². The largest absolute Gasteiger partial charge is 0.454 e. The van der Waals surface area contributed by atoms with Gasteiger partial charge in [-0.05, 0) is 92.2 Å². The van der Waals surface area contributed by atoms with Crippen LogP contribution in [0.25, 0.3) is 99.5 Å². The third kappa shape index (κ3) is 3.06. The minimum Gasteiger partial charge on any atom is -0.454 e. The van der Waals surface area contributed by atoms with Gasteiger partial charge >= 0.3 is 0 Å². The van der Waals surface area contributed by atoms with Crippen molar-refractivity contribution in [1.29, 1.82) is 0 Å². The van der Waals surface area contributed by atoms with Gasteiger partial charge in [0.05, 0.1) is 11.2 Å². The predicted molar refractivity (Wildman–Crippen MR) is 193 cm³/mol. The molecule has 0 fully saturated rings. The van der Waals surface area contributed by atoms with E-state index in [0.29, 0.717) is 0 Å². The maximum Gasteiger partial charge on any atom is 0.160 e. The summed E-state index contributed by atoms with van der Waals surface area (Å²) in [5.41, 5.74) is 14.7. The number of aryl methyl sites for hydroxylation is 1. The molecule has 2 heteroatoms. The molecule has 0 bridgehead atoms. The molecule has 0 amide bonds. The summed E-state index contributed by atoms with van der Waals surface area (Å²) in [6.07, 6.45) is 6.71. The quantitative estimate of drug-likeness (QED) is 0.197. The van der Waals surface area contributed by atoms with Gasteiger partial charge in [0.1, 0.15) is 5.58 Å². The van der Waals surface area contributed by atoms with Gasteiger partial charge in [0.15, 0.2) is 5.58 Å². The van der Waals surface area contributed by atoms with E-state index in [0.717, 1.165) is 40.3 Å². The fraction of sp³-hybridized carbons (Fsp3) is 0.0455. The van der Waals surface area contributed by atoms with Crippen LogP contribution in [0.3, 0.4) is 0 Å². The number of benzene rings is 7. The first-order chi connectivity index (χ1) is 22.8. The minimum atomic E-state index is 0.931. The van der Waals surface area contributed by atoms with Gasteiger partial charge in [0.2, 0.25) is 0 Å². The smallest absolute Gasteiger partial charge is 0.160 e. The number of furan rings is 1. The number of fused-ring (bicyclic) bond motifs is 11. The van der Waals surface area contributed by atoms with E-state index in [9.17, 15) is 0 Å². The topological polar surface area (TPSA) is 18.1 Å². The number of allylic oxidation sites excluding steroid dienone is 1. The lowest BCUT2D eigenvalue weighted by Gasteiger charge is -2.18. The molecule has 2 nitrogen and oxygen atoms in total. The van der Waals surface area contributed by atoms with E-state index in [1.54, 1.807) is 0 Å². The van der Waals surface area contributed by atoms with Crippen LogP contribution in [0.15, 0.2) is 138 Å². The molecule has 0 unspecified atom stereocenters. The van der Waals surface area contributed by atoms with Crippen LogP contribution in [-0.2, 0) is 6.42 Å².